The Kier molecular flexibility index (Phi) is 4.11. The number of rotatable bonds is 5. The van der Waals surface area contributed by atoms with Crippen LogP contribution in [0.15, 0.2) is 36.8 Å². The van der Waals surface area contributed by atoms with E-state index in [9.17, 15) is 9.18 Å². The first-order chi connectivity index (χ1) is 13.4. The number of fused-ring (bicyclic) bond motifs is 1. The summed E-state index contributed by atoms with van der Waals surface area (Å²) in [5.41, 5.74) is 1.20. The van der Waals surface area contributed by atoms with Gasteiger partial charge in [-0.2, -0.15) is 15.2 Å². The smallest absolute Gasteiger partial charge is 0.335 e. The van der Waals surface area contributed by atoms with Gasteiger partial charge in [0.1, 0.15) is 5.82 Å². The summed E-state index contributed by atoms with van der Waals surface area (Å²) in [4.78, 5) is 19.8. The quantitative estimate of drug-likeness (QED) is 0.481. The zero-order valence-corrected chi connectivity index (χ0v) is 14.9. The first kappa shape index (κ1) is 17.4. The van der Waals surface area contributed by atoms with Gasteiger partial charge in [-0.15, -0.1) is 0 Å². The molecule has 0 radical (unpaired) electrons. The van der Waals surface area contributed by atoms with Crippen LogP contribution in [0.2, 0.25) is 0 Å². The number of carbonyl (C=O) groups is 1. The van der Waals surface area contributed by atoms with Crippen molar-refractivity contribution < 1.29 is 14.3 Å². The van der Waals surface area contributed by atoms with Gasteiger partial charge in [0.2, 0.25) is 5.95 Å². The first-order valence-corrected chi connectivity index (χ1v) is 8.16. The minimum atomic E-state index is -1.15. The van der Waals surface area contributed by atoms with Crippen molar-refractivity contribution in [3.05, 3.63) is 48.2 Å². The van der Waals surface area contributed by atoms with Crippen molar-refractivity contribution in [2.24, 2.45) is 14.1 Å². The average Bonchev–Trinajstić information content (AvgIpc) is 3.20. The molecule has 11 heteroatoms. The van der Waals surface area contributed by atoms with Crippen LogP contribution in [0.3, 0.4) is 0 Å². The molecule has 3 heterocycles. The van der Waals surface area contributed by atoms with Crippen molar-refractivity contribution in [3.8, 4) is 0 Å². The number of benzene rings is 1. The Bertz CT molecular complexity index is 1200. The lowest BCUT2D eigenvalue weighted by Gasteiger charge is -2.06. The van der Waals surface area contributed by atoms with Gasteiger partial charge in [-0.25, -0.2) is 18.9 Å². The van der Waals surface area contributed by atoms with E-state index < -0.39 is 11.8 Å². The molecule has 4 aromatic rings. The molecule has 28 heavy (non-hydrogen) atoms. The fourth-order valence-corrected chi connectivity index (χ4v) is 2.69. The van der Waals surface area contributed by atoms with Crippen molar-refractivity contribution in [1.29, 1.82) is 0 Å². The lowest BCUT2D eigenvalue weighted by atomic mass is 10.2. The summed E-state index contributed by atoms with van der Waals surface area (Å²) in [6.45, 7) is 0. The molecule has 3 N–H and O–H groups in total. The van der Waals surface area contributed by atoms with E-state index in [0.29, 0.717) is 22.8 Å². The maximum atomic E-state index is 14.1. The van der Waals surface area contributed by atoms with Crippen LogP contribution in [0.1, 0.15) is 10.4 Å². The van der Waals surface area contributed by atoms with Gasteiger partial charge in [0.15, 0.2) is 11.5 Å². The molecule has 0 saturated heterocycles. The number of carboxylic acid groups (broad SMARTS) is 1. The minimum Gasteiger partial charge on any atom is -0.478 e. The number of aromatic nitrogens is 6. The third kappa shape index (κ3) is 3.20. The molecule has 0 fully saturated rings. The summed E-state index contributed by atoms with van der Waals surface area (Å²) in [5, 5.41) is 23.9. The van der Waals surface area contributed by atoms with Gasteiger partial charge in [-0.05, 0) is 18.2 Å². The van der Waals surface area contributed by atoms with Crippen molar-refractivity contribution >= 4 is 40.1 Å². The molecule has 142 valence electrons. The molecular formula is C17H15FN8O2. The Morgan fingerprint density at radius 2 is 2.04 bits per heavy atom. The zero-order valence-electron chi connectivity index (χ0n) is 14.9. The normalized spacial score (nSPS) is 11.0. The zero-order chi connectivity index (χ0) is 19.8. The second kappa shape index (κ2) is 6.61. The Morgan fingerprint density at radius 1 is 1.21 bits per heavy atom. The summed E-state index contributed by atoms with van der Waals surface area (Å²) in [7, 11) is 3.49. The number of aryl methyl sites for hydroxylation is 2. The molecule has 3 aromatic heterocycles. The van der Waals surface area contributed by atoms with E-state index in [1.165, 1.54) is 16.8 Å². The Labute approximate surface area is 157 Å². The molecule has 0 aliphatic heterocycles. The van der Waals surface area contributed by atoms with E-state index in [2.05, 4.69) is 30.8 Å². The molecular weight excluding hydrogens is 367 g/mol. The fourth-order valence-electron chi connectivity index (χ4n) is 2.69. The molecule has 1 aromatic carbocycles. The monoisotopic (exact) mass is 382 g/mol. The van der Waals surface area contributed by atoms with Crippen molar-refractivity contribution in [2.45, 2.75) is 0 Å². The first-order valence-electron chi connectivity index (χ1n) is 8.16. The highest BCUT2D eigenvalue weighted by molar-refractivity contribution is 5.92. The molecule has 0 aliphatic rings. The van der Waals surface area contributed by atoms with Gasteiger partial charge in [-0.1, -0.05) is 0 Å². The van der Waals surface area contributed by atoms with Crippen LogP contribution in [0.25, 0.3) is 11.0 Å². The lowest BCUT2D eigenvalue weighted by molar-refractivity contribution is 0.0697. The number of hydrogen-bond acceptors (Lipinski definition) is 7. The third-order valence-electron chi connectivity index (χ3n) is 4.01. The van der Waals surface area contributed by atoms with Gasteiger partial charge in [0.05, 0.1) is 28.5 Å². The highest BCUT2D eigenvalue weighted by Crippen LogP contribution is 2.27. The highest BCUT2D eigenvalue weighted by atomic mass is 19.1. The highest BCUT2D eigenvalue weighted by Gasteiger charge is 2.15. The topological polar surface area (TPSA) is 123 Å². The Hall–Kier alpha value is -4.02. The van der Waals surface area contributed by atoms with E-state index in [1.54, 1.807) is 37.4 Å². The summed E-state index contributed by atoms with van der Waals surface area (Å²) in [6.07, 6.45) is 4.97. The van der Waals surface area contributed by atoms with Gasteiger partial charge in [0.25, 0.3) is 0 Å². The van der Waals surface area contributed by atoms with E-state index in [0.717, 1.165) is 11.8 Å². The number of carboxylic acids is 1. The molecule has 0 spiro atoms. The number of halogens is 1. The van der Waals surface area contributed by atoms with Crippen molar-refractivity contribution in [3.63, 3.8) is 0 Å². The van der Waals surface area contributed by atoms with E-state index in [-0.39, 0.29) is 11.3 Å². The number of nitrogens with one attached hydrogen (secondary N) is 2. The lowest BCUT2D eigenvalue weighted by Crippen LogP contribution is -2.01. The molecule has 0 saturated carbocycles. The maximum Gasteiger partial charge on any atom is 0.335 e. The molecule has 0 amide bonds. The summed E-state index contributed by atoms with van der Waals surface area (Å²) >= 11 is 0. The maximum absolute atomic E-state index is 14.1. The fraction of sp³-hybridized carbons (Fsp3) is 0.118. The van der Waals surface area contributed by atoms with Crippen LogP contribution in [0.4, 0.5) is 27.5 Å². The molecule has 0 atom stereocenters. The summed E-state index contributed by atoms with van der Waals surface area (Å²) in [6, 6.07) is 3.49. The number of aromatic carboxylic acids is 1. The number of nitrogens with zero attached hydrogens (tertiary/aromatic N) is 6. The summed E-state index contributed by atoms with van der Waals surface area (Å²) < 4.78 is 17.3. The van der Waals surface area contributed by atoms with Crippen LogP contribution >= 0.6 is 0 Å². The predicted octanol–water partition coefficient (Wildman–Crippen LogP) is 2.42. The van der Waals surface area contributed by atoms with Gasteiger partial charge >= 0.3 is 5.97 Å². The largest absolute Gasteiger partial charge is 0.478 e. The Morgan fingerprint density at radius 3 is 2.75 bits per heavy atom. The van der Waals surface area contributed by atoms with Gasteiger partial charge in [0, 0.05) is 26.5 Å². The van der Waals surface area contributed by atoms with Crippen LogP contribution in [-0.2, 0) is 14.1 Å². The predicted molar refractivity (Wildman–Crippen MR) is 99.4 cm³/mol. The number of anilines is 4. The molecule has 0 aliphatic carbocycles. The average molecular weight is 382 g/mol. The van der Waals surface area contributed by atoms with E-state index in [1.807, 2.05) is 0 Å². The van der Waals surface area contributed by atoms with Crippen LogP contribution in [0, 0.1) is 5.82 Å². The molecule has 0 bridgehead atoms. The van der Waals surface area contributed by atoms with Crippen molar-refractivity contribution in [1.82, 2.24) is 29.5 Å². The standard InChI is InChI=1S/C17H15FN8O2/c1-25-8-10(6-20-25)21-17-19-7-11-14(24-26(2)15(11)23-17)22-13-5-9(16(27)28)3-4-12(13)18/h3-8H,1-2H3,(H,22,24)(H,27,28)(H,19,21,23). The van der Waals surface area contributed by atoms with Crippen LogP contribution in [-0.4, -0.2) is 40.6 Å². The van der Waals surface area contributed by atoms with Gasteiger partial charge < -0.3 is 15.7 Å². The second-order valence-electron chi connectivity index (χ2n) is 6.06. The van der Waals surface area contributed by atoms with Crippen molar-refractivity contribution in [2.75, 3.05) is 10.6 Å². The van der Waals surface area contributed by atoms with E-state index >= 15 is 0 Å². The van der Waals surface area contributed by atoms with Crippen LogP contribution in [0.5, 0.6) is 0 Å². The SMILES string of the molecule is Cn1cc(Nc2ncc3c(Nc4cc(C(=O)O)ccc4F)nn(C)c3n2)cn1. The second-order valence-corrected chi connectivity index (χ2v) is 6.06. The molecule has 0 unspecified atom stereocenters. The van der Waals surface area contributed by atoms with Crippen LogP contribution < -0.4 is 10.6 Å². The molecule has 10 nitrogen and oxygen atoms in total. The minimum absolute atomic E-state index is 0.00235. The summed E-state index contributed by atoms with van der Waals surface area (Å²) in [5.74, 6) is -1.08. The molecule has 4 rings (SSSR count). The Balaban J connectivity index is 1.67. The third-order valence-corrected chi connectivity index (χ3v) is 4.01. The number of hydrogen-bond donors (Lipinski definition) is 3. The van der Waals surface area contributed by atoms with E-state index in [4.69, 9.17) is 5.11 Å². The van der Waals surface area contributed by atoms with Gasteiger partial charge in [-0.3, -0.25) is 4.68 Å².